The molecule has 1 N–H and O–H groups in total. The maximum Gasteiger partial charge on any atom is 0.232 e. The van der Waals surface area contributed by atoms with Crippen LogP contribution in [0, 0.1) is 0 Å². The molecule has 5 heteroatoms. The number of hydrogen-bond donors (Lipinski definition) is 1. The van der Waals surface area contributed by atoms with Crippen molar-refractivity contribution in [1.29, 1.82) is 0 Å². The molecule has 0 bridgehead atoms. The Bertz CT molecular complexity index is 798. The molecule has 2 aromatic carbocycles. The highest BCUT2D eigenvalue weighted by atomic mass is 16.1. The number of nitrogens with zero attached hydrogens (tertiary/aromatic N) is 3. The minimum atomic E-state index is -0.292. The number of rotatable bonds is 4. The van der Waals surface area contributed by atoms with E-state index in [-0.39, 0.29) is 17.9 Å². The zero-order valence-corrected chi connectivity index (χ0v) is 14.6. The van der Waals surface area contributed by atoms with Crippen LogP contribution in [-0.4, -0.2) is 26.7 Å². The van der Waals surface area contributed by atoms with Crippen molar-refractivity contribution in [2.45, 2.75) is 37.8 Å². The van der Waals surface area contributed by atoms with Crippen molar-refractivity contribution < 1.29 is 4.79 Å². The van der Waals surface area contributed by atoms with Crippen LogP contribution in [0.2, 0.25) is 0 Å². The van der Waals surface area contributed by atoms with Gasteiger partial charge in [0.1, 0.15) is 12.2 Å². The number of aromatic nitrogens is 3. The van der Waals surface area contributed by atoms with E-state index in [0.29, 0.717) is 0 Å². The number of hydrogen-bond acceptors (Lipinski definition) is 3. The molecule has 3 aromatic rings. The van der Waals surface area contributed by atoms with E-state index in [2.05, 4.69) is 20.1 Å². The van der Waals surface area contributed by atoms with Crippen molar-refractivity contribution in [3.8, 4) is 0 Å². The Kier molecular flexibility index (Phi) is 4.78. The molecule has 1 unspecified atom stereocenters. The van der Waals surface area contributed by atoms with E-state index in [0.717, 1.165) is 42.8 Å². The lowest BCUT2D eigenvalue weighted by molar-refractivity contribution is -0.122. The molecule has 0 saturated carbocycles. The van der Waals surface area contributed by atoms with E-state index in [1.165, 1.54) is 0 Å². The van der Waals surface area contributed by atoms with Gasteiger partial charge >= 0.3 is 0 Å². The third-order valence-corrected chi connectivity index (χ3v) is 5.00. The van der Waals surface area contributed by atoms with Crippen LogP contribution in [0.15, 0.2) is 67.0 Å². The number of benzene rings is 2. The van der Waals surface area contributed by atoms with Gasteiger partial charge in [-0.3, -0.25) is 4.79 Å². The average molecular weight is 346 g/mol. The standard InChI is InChI=1S/C21H22N4O/c26-21(23-18-11-12-19-24-22-15-25(19)14-13-18)20(16-7-3-1-4-8-16)17-9-5-2-6-10-17/h1-10,15,18,20H,11-14H2,(H,23,26). The zero-order valence-electron chi connectivity index (χ0n) is 14.6. The third-order valence-electron chi connectivity index (χ3n) is 5.00. The Labute approximate surface area is 153 Å². The first-order valence-corrected chi connectivity index (χ1v) is 9.08. The Morgan fingerprint density at radius 1 is 1.00 bits per heavy atom. The van der Waals surface area contributed by atoms with Crippen LogP contribution in [0.1, 0.15) is 35.7 Å². The van der Waals surface area contributed by atoms with Gasteiger partial charge in [0.05, 0.1) is 5.92 Å². The second-order valence-electron chi connectivity index (χ2n) is 6.73. The monoisotopic (exact) mass is 346 g/mol. The Morgan fingerprint density at radius 2 is 1.65 bits per heavy atom. The SMILES string of the molecule is O=C(NC1CCc2nncn2CC1)C(c1ccccc1)c1ccccc1. The minimum absolute atomic E-state index is 0.0602. The second-order valence-corrected chi connectivity index (χ2v) is 6.73. The van der Waals surface area contributed by atoms with Gasteiger partial charge in [-0.2, -0.15) is 0 Å². The smallest absolute Gasteiger partial charge is 0.232 e. The topological polar surface area (TPSA) is 59.8 Å². The average Bonchev–Trinajstić information content (AvgIpc) is 3.05. The Hall–Kier alpha value is -2.95. The van der Waals surface area contributed by atoms with E-state index in [1.54, 1.807) is 6.33 Å². The molecule has 1 atom stereocenters. The summed E-state index contributed by atoms with van der Waals surface area (Å²) in [7, 11) is 0. The zero-order chi connectivity index (χ0) is 17.8. The molecule has 5 nitrogen and oxygen atoms in total. The van der Waals surface area contributed by atoms with Gasteiger partial charge in [-0.15, -0.1) is 10.2 Å². The number of nitrogens with one attached hydrogen (secondary N) is 1. The van der Waals surface area contributed by atoms with Gasteiger partial charge in [0.15, 0.2) is 0 Å². The molecule has 0 radical (unpaired) electrons. The number of aryl methyl sites for hydroxylation is 2. The Morgan fingerprint density at radius 3 is 2.31 bits per heavy atom. The van der Waals surface area contributed by atoms with Crippen molar-refractivity contribution in [1.82, 2.24) is 20.1 Å². The summed E-state index contributed by atoms with van der Waals surface area (Å²) in [5.41, 5.74) is 2.03. The van der Waals surface area contributed by atoms with E-state index in [9.17, 15) is 4.79 Å². The second kappa shape index (κ2) is 7.52. The van der Waals surface area contributed by atoms with E-state index < -0.39 is 0 Å². The van der Waals surface area contributed by atoms with Gasteiger partial charge in [-0.25, -0.2) is 0 Å². The summed E-state index contributed by atoms with van der Waals surface area (Å²) in [4.78, 5) is 13.2. The number of carbonyl (C=O) groups is 1. The summed E-state index contributed by atoms with van der Waals surface area (Å²) in [5, 5.41) is 11.4. The van der Waals surface area contributed by atoms with Crippen molar-refractivity contribution >= 4 is 5.91 Å². The van der Waals surface area contributed by atoms with E-state index >= 15 is 0 Å². The van der Waals surface area contributed by atoms with Gasteiger partial charge in [-0.05, 0) is 24.0 Å². The fourth-order valence-electron chi connectivity index (χ4n) is 3.62. The molecule has 0 spiro atoms. The first kappa shape index (κ1) is 16.5. The molecule has 4 rings (SSSR count). The van der Waals surface area contributed by atoms with Crippen LogP contribution in [0.5, 0.6) is 0 Å². The van der Waals surface area contributed by atoms with E-state index in [1.807, 2.05) is 60.7 Å². The lowest BCUT2D eigenvalue weighted by atomic mass is 9.90. The molecule has 26 heavy (non-hydrogen) atoms. The van der Waals surface area contributed by atoms with Crippen LogP contribution in [0.25, 0.3) is 0 Å². The van der Waals surface area contributed by atoms with Gasteiger partial charge < -0.3 is 9.88 Å². The largest absolute Gasteiger partial charge is 0.352 e. The summed E-state index contributed by atoms with van der Waals surface area (Å²) in [6, 6.07) is 20.1. The molecule has 1 aliphatic rings. The molecule has 1 aliphatic heterocycles. The van der Waals surface area contributed by atoms with Crippen molar-refractivity contribution in [3.63, 3.8) is 0 Å². The van der Waals surface area contributed by atoms with Crippen LogP contribution in [-0.2, 0) is 17.8 Å². The predicted octanol–water partition coefficient (Wildman–Crippen LogP) is 2.93. The number of carbonyl (C=O) groups excluding carboxylic acids is 1. The first-order valence-electron chi connectivity index (χ1n) is 9.08. The fourth-order valence-corrected chi connectivity index (χ4v) is 3.62. The molecule has 1 aromatic heterocycles. The molecule has 132 valence electrons. The number of fused-ring (bicyclic) bond motifs is 1. The highest BCUT2D eigenvalue weighted by molar-refractivity contribution is 5.87. The van der Waals surface area contributed by atoms with Crippen molar-refractivity contribution in [2.24, 2.45) is 0 Å². The van der Waals surface area contributed by atoms with Gasteiger partial charge in [0.25, 0.3) is 0 Å². The lowest BCUT2D eigenvalue weighted by Gasteiger charge is -2.22. The molecule has 0 saturated heterocycles. The number of amides is 1. The highest BCUT2D eigenvalue weighted by Crippen LogP contribution is 2.25. The maximum atomic E-state index is 13.2. The summed E-state index contributed by atoms with van der Waals surface area (Å²) in [6.07, 6.45) is 4.40. The summed E-state index contributed by atoms with van der Waals surface area (Å²) >= 11 is 0. The third kappa shape index (κ3) is 3.52. The normalized spacial score (nSPS) is 16.7. The van der Waals surface area contributed by atoms with Gasteiger partial charge in [0, 0.05) is 19.0 Å². The summed E-state index contributed by atoms with van der Waals surface area (Å²) < 4.78 is 2.08. The molecule has 2 heterocycles. The first-order chi connectivity index (χ1) is 12.8. The maximum absolute atomic E-state index is 13.2. The van der Waals surface area contributed by atoms with Gasteiger partial charge in [-0.1, -0.05) is 60.7 Å². The quantitative estimate of drug-likeness (QED) is 0.790. The lowest BCUT2D eigenvalue weighted by Crippen LogP contribution is -2.38. The van der Waals surface area contributed by atoms with Crippen LogP contribution in [0.3, 0.4) is 0 Å². The van der Waals surface area contributed by atoms with Crippen molar-refractivity contribution in [2.75, 3.05) is 0 Å². The van der Waals surface area contributed by atoms with Crippen LogP contribution in [0.4, 0.5) is 0 Å². The highest BCUT2D eigenvalue weighted by Gasteiger charge is 2.26. The van der Waals surface area contributed by atoms with Crippen molar-refractivity contribution in [3.05, 3.63) is 83.9 Å². The van der Waals surface area contributed by atoms with Crippen LogP contribution >= 0.6 is 0 Å². The predicted molar refractivity (Wildman–Crippen MR) is 99.6 cm³/mol. The molecule has 1 amide bonds. The summed E-state index contributed by atoms with van der Waals surface area (Å²) in [5.74, 6) is 0.772. The minimum Gasteiger partial charge on any atom is -0.352 e. The molecular formula is C21H22N4O. The Balaban J connectivity index is 1.53. The molecular weight excluding hydrogens is 324 g/mol. The molecule has 0 fully saturated rings. The van der Waals surface area contributed by atoms with Gasteiger partial charge in [0.2, 0.25) is 5.91 Å². The summed E-state index contributed by atoms with van der Waals surface area (Å²) in [6.45, 7) is 0.842. The fraction of sp³-hybridized carbons (Fsp3) is 0.286. The van der Waals surface area contributed by atoms with E-state index in [4.69, 9.17) is 0 Å². The van der Waals surface area contributed by atoms with Crippen LogP contribution < -0.4 is 5.32 Å². The molecule has 0 aliphatic carbocycles.